The van der Waals surface area contributed by atoms with E-state index < -0.39 is 22.8 Å². The molecule has 2 amide bonds. The summed E-state index contributed by atoms with van der Waals surface area (Å²) in [7, 11) is 0. The lowest BCUT2D eigenvalue weighted by molar-refractivity contribution is -0.137. The zero-order valence-electron chi connectivity index (χ0n) is 18.0. The van der Waals surface area contributed by atoms with Gasteiger partial charge in [0.25, 0.3) is 0 Å². The fraction of sp³-hybridized carbons (Fsp3) is 0.208. The molecular weight excluding hydrogens is 502 g/mol. The van der Waals surface area contributed by atoms with Crippen LogP contribution in [0.5, 0.6) is 0 Å². The van der Waals surface area contributed by atoms with Gasteiger partial charge in [0, 0.05) is 30.0 Å². The minimum Gasteiger partial charge on any atom is -0.321 e. The minimum atomic E-state index is -4.62. The van der Waals surface area contributed by atoms with E-state index in [-0.39, 0.29) is 5.69 Å². The number of nitrogens with zero attached hydrogens (tertiary/aromatic N) is 3. The van der Waals surface area contributed by atoms with Gasteiger partial charge < -0.3 is 15.2 Å². The first kappa shape index (κ1) is 23.4. The van der Waals surface area contributed by atoms with Gasteiger partial charge in [-0.3, -0.25) is 0 Å². The summed E-state index contributed by atoms with van der Waals surface area (Å²) < 4.78 is 41.2. The van der Waals surface area contributed by atoms with Gasteiger partial charge in [-0.15, -0.1) is 0 Å². The Balaban J connectivity index is 1.29. The third-order valence-electron chi connectivity index (χ3n) is 5.66. The van der Waals surface area contributed by atoms with Crippen molar-refractivity contribution in [3.63, 3.8) is 0 Å². The van der Waals surface area contributed by atoms with Crippen LogP contribution in [-0.4, -0.2) is 20.6 Å². The van der Waals surface area contributed by atoms with Gasteiger partial charge in [-0.1, -0.05) is 35.3 Å². The molecule has 5 rings (SSSR count). The Morgan fingerprint density at radius 3 is 2.40 bits per heavy atom. The van der Waals surface area contributed by atoms with Gasteiger partial charge in [0.15, 0.2) is 5.15 Å². The van der Waals surface area contributed by atoms with E-state index >= 15 is 0 Å². The molecule has 2 aromatic carbocycles. The second-order valence-electron chi connectivity index (χ2n) is 8.27. The zero-order valence-corrected chi connectivity index (χ0v) is 19.5. The minimum absolute atomic E-state index is 0.0269. The number of hydrogen-bond acceptors (Lipinski definition) is 3. The van der Waals surface area contributed by atoms with Crippen LogP contribution in [0.15, 0.2) is 54.7 Å². The number of amides is 2. The first-order valence-corrected chi connectivity index (χ1v) is 11.5. The molecule has 1 aliphatic rings. The first-order chi connectivity index (χ1) is 16.7. The van der Waals surface area contributed by atoms with Crippen LogP contribution >= 0.6 is 23.2 Å². The van der Waals surface area contributed by atoms with E-state index in [1.54, 1.807) is 18.3 Å². The van der Waals surface area contributed by atoms with E-state index in [1.807, 2.05) is 18.2 Å². The topological polar surface area (TPSA) is 71.8 Å². The van der Waals surface area contributed by atoms with Crippen LogP contribution in [0, 0.1) is 0 Å². The van der Waals surface area contributed by atoms with Crippen LogP contribution in [0.25, 0.3) is 11.0 Å². The molecule has 6 nitrogen and oxygen atoms in total. The van der Waals surface area contributed by atoms with Crippen molar-refractivity contribution in [2.24, 2.45) is 0 Å². The number of fused-ring (bicyclic) bond motifs is 1. The Morgan fingerprint density at radius 2 is 1.71 bits per heavy atom. The zero-order chi connectivity index (χ0) is 24.7. The second-order valence-corrected chi connectivity index (χ2v) is 9.03. The standard InChI is InChI=1S/C24H18Cl2F3N5O/c25-18-8-7-16(11-17(18)24(27,28)29)32-23(35)31-15-5-1-13(2-6-15)12-34-20-19(9-10-30-21(20)26)33-22(34)14-3-4-14/h1-2,5-11,14H,3-4,12H2,(H2,31,32,35). The summed E-state index contributed by atoms with van der Waals surface area (Å²) in [4.78, 5) is 21.2. The third kappa shape index (κ3) is 5.06. The van der Waals surface area contributed by atoms with Crippen molar-refractivity contribution in [1.82, 2.24) is 14.5 Å². The SMILES string of the molecule is O=C(Nc1ccc(Cn2c(C3CC3)nc3ccnc(Cl)c32)cc1)Nc1ccc(Cl)c(C(F)(F)F)c1. The fourth-order valence-corrected chi connectivity index (χ4v) is 4.34. The van der Waals surface area contributed by atoms with Crippen LogP contribution in [0.4, 0.5) is 29.3 Å². The molecule has 2 aromatic heterocycles. The van der Waals surface area contributed by atoms with E-state index in [1.165, 1.54) is 6.07 Å². The average molecular weight is 520 g/mol. The van der Waals surface area contributed by atoms with Crippen LogP contribution in [0.3, 0.4) is 0 Å². The van der Waals surface area contributed by atoms with E-state index in [0.29, 0.717) is 23.3 Å². The maximum absolute atomic E-state index is 13.0. The molecule has 0 aliphatic heterocycles. The molecule has 11 heteroatoms. The lowest BCUT2D eigenvalue weighted by atomic mass is 10.2. The highest BCUT2D eigenvalue weighted by Crippen LogP contribution is 2.41. The van der Waals surface area contributed by atoms with Gasteiger partial charge in [0.1, 0.15) is 11.3 Å². The molecule has 1 saturated carbocycles. The summed E-state index contributed by atoms with van der Waals surface area (Å²) in [5.74, 6) is 1.39. The Kier molecular flexibility index (Phi) is 6.06. The maximum Gasteiger partial charge on any atom is 0.417 e. The van der Waals surface area contributed by atoms with E-state index in [2.05, 4.69) is 20.2 Å². The number of urea groups is 1. The number of pyridine rings is 1. The fourth-order valence-electron chi connectivity index (χ4n) is 3.86. The highest BCUT2D eigenvalue weighted by atomic mass is 35.5. The number of carbonyl (C=O) groups is 1. The van der Waals surface area contributed by atoms with Crippen molar-refractivity contribution in [3.05, 3.63) is 81.9 Å². The molecule has 0 spiro atoms. The highest BCUT2D eigenvalue weighted by Gasteiger charge is 2.33. The lowest BCUT2D eigenvalue weighted by Crippen LogP contribution is -2.20. The second kappa shape index (κ2) is 9.05. The number of nitrogens with one attached hydrogen (secondary N) is 2. The molecule has 180 valence electrons. The van der Waals surface area contributed by atoms with E-state index in [0.717, 1.165) is 47.4 Å². The summed E-state index contributed by atoms with van der Waals surface area (Å²) in [5, 5.41) is 4.96. The molecule has 4 aromatic rings. The van der Waals surface area contributed by atoms with Gasteiger partial charge in [0.05, 0.1) is 16.1 Å². The molecule has 2 heterocycles. The van der Waals surface area contributed by atoms with Crippen LogP contribution in [-0.2, 0) is 12.7 Å². The number of rotatable bonds is 5. The number of benzene rings is 2. The van der Waals surface area contributed by atoms with Crippen molar-refractivity contribution in [2.45, 2.75) is 31.5 Å². The molecule has 0 atom stereocenters. The van der Waals surface area contributed by atoms with Crippen molar-refractivity contribution < 1.29 is 18.0 Å². The Hall–Kier alpha value is -3.30. The largest absolute Gasteiger partial charge is 0.417 e. The maximum atomic E-state index is 13.0. The highest BCUT2D eigenvalue weighted by molar-refractivity contribution is 6.33. The predicted octanol–water partition coefficient (Wildman–Crippen LogP) is 7.33. The lowest BCUT2D eigenvalue weighted by Gasteiger charge is -2.13. The molecule has 1 aliphatic carbocycles. The Labute approximate surface area is 208 Å². The smallest absolute Gasteiger partial charge is 0.321 e. The third-order valence-corrected chi connectivity index (χ3v) is 6.27. The van der Waals surface area contributed by atoms with Gasteiger partial charge >= 0.3 is 12.2 Å². The van der Waals surface area contributed by atoms with Crippen LogP contribution in [0.2, 0.25) is 10.2 Å². The van der Waals surface area contributed by atoms with Crippen molar-refractivity contribution in [1.29, 1.82) is 0 Å². The Morgan fingerprint density at radius 1 is 1.03 bits per heavy atom. The normalized spacial score (nSPS) is 13.7. The van der Waals surface area contributed by atoms with Crippen molar-refractivity contribution in [3.8, 4) is 0 Å². The number of aromatic nitrogens is 3. The van der Waals surface area contributed by atoms with E-state index in [4.69, 9.17) is 28.2 Å². The number of halogens is 5. The molecule has 0 radical (unpaired) electrons. The van der Waals surface area contributed by atoms with E-state index in [9.17, 15) is 18.0 Å². The molecule has 35 heavy (non-hydrogen) atoms. The van der Waals surface area contributed by atoms with Crippen LogP contribution < -0.4 is 10.6 Å². The van der Waals surface area contributed by atoms with Crippen molar-refractivity contribution in [2.75, 3.05) is 10.6 Å². The number of alkyl halides is 3. The van der Waals surface area contributed by atoms with Gasteiger partial charge in [0.2, 0.25) is 0 Å². The molecule has 0 saturated heterocycles. The van der Waals surface area contributed by atoms with Gasteiger partial charge in [-0.25, -0.2) is 14.8 Å². The molecular formula is C24H18Cl2F3N5O. The van der Waals surface area contributed by atoms with Crippen molar-refractivity contribution >= 4 is 51.6 Å². The summed E-state index contributed by atoms with van der Waals surface area (Å²) >= 11 is 12.0. The number of hydrogen-bond donors (Lipinski definition) is 2. The molecule has 0 bridgehead atoms. The van der Waals surface area contributed by atoms with Crippen LogP contribution in [0.1, 0.15) is 35.7 Å². The first-order valence-electron chi connectivity index (χ1n) is 10.7. The van der Waals surface area contributed by atoms with Gasteiger partial charge in [-0.2, -0.15) is 13.2 Å². The molecule has 1 fully saturated rings. The summed E-state index contributed by atoms with van der Waals surface area (Å²) in [6, 6.07) is 11.5. The monoisotopic (exact) mass is 519 g/mol. The predicted molar refractivity (Wildman–Crippen MR) is 129 cm³/mol. The summed E-state index contributed by atoms with van der Waals surface area (Å²) in [6.45, 7) is 0.533. The summed E-state index contributed by atoms with van der Waals surface area (Å²) in [5.41, 5.74) is 1.99. The Bertz CT molecular complexity index is 1420. The number of imidazole rings is 1. The number of carbonyl (C=O) groups excluding carboxylic acids is 1. The average Bonchev–Trinajstić information content (AvgIpc) is 3.58. The summed E-state index contributed by atoms with van der Waals surface area (Å²) in [6.07, 6.45) is -0.811. The van der Waals surface area contributed by atoms with Gasteiger partial charge in [-0.05, 0) is 54.8 Å². The molecule has 0 unspecified atom stereocenters. The quantitative estimate of drug-likeness (QED) is 0.271. The molecule has 2 N–H and O–H groups in total. The number of anilines is 2.